The summed E-state index contributed by atoms with van der Waals surface area (Å²) >= 11 is 6.19. The van der Waals surface area contributed by atoms with E-state index in [-0.39, 0.29) is 0 Å². The summed E-state index contributed by atoms with van der Waals surface area (Å²) in [6.45, 7) is 5.55. The molecule has 21 heavy (non-hydrogen) atoms. The first-order chi connectivity index (χ1) is 9.95. The van der Waals surface area contributed by atoms with E-state index in [0.29, 0.717) is 29.5 Å². The van der Waals surface area contributed by atoms with Crippen LogP contribution in [-0.2, 0) is 4.79 Å². The highest BCUT2D eigenvalue weighted by Crippen LogP contribution is 2.29. The van der Waals surface area contributed by atoms with Crippen molar-refractivity contribution in [2.45, 2.75) is 20.3 Å². The molecule has 0 amide bonds. The first kappa shape index (κ1) is 17.1. The SMILES string of the molecule is CC(C)CN(CCC#N)c1cccc(Cl)c1C=CC(=O)O. The van der Waals surface area contributed by atoms with Crippen molar-refractivity contribution in [3.8, 4) is 6.07 Å². The molecule has 0 spiro atoms. The van der Waals surface area contributed by atoms with Gasteiger partial charge in [0.25, 0.3) is 0 Å². The summed E-state index contributed by atoms with van der Waals surface area (Å²) in [5.74, 6) is -0.604. The van der Waals surface area contributed by atoms with E-state index in [1.807, 2.05) is 12.1 Å². The van der Waals surface area contributed by atoms with Gasteiger partial charge in [0.1, 0.15) is 0 Å². The fourth-order valence-corrected chi connectivity index (χ4v) is 2.29. The van der Waals surface area contributed by atoms with Gasteiger partial charge in [0, 0.05) is 35.4 Å². The lowest BCUT2D eigenvalue weighted by atomic mass is 10.1. The Hall–Kier alpha value is -1.99. The number of anilines is 1. The van der Waals surface area contributed by atoms with Crippen LogP contribution in [0.4, 0.5) is 5.69 Å². The van der Waals surface area contributed by atoms with Crippen LogP contribution in [0.15, 0.2) is 24.3 Å². The van der Waals surface area contributed by atoms with E-state index in [1.54, 1.807) is 6.07 Å². The molecule has 1 aromatic rings. The van der Waals surface area contributed by atoms with Gasteiger partial charge in [0.15, 0.2) is 0 Å². The Bertz CT molecular complexity index is 562. The second-order valence-corrected chi connectivity index (χ2v) is 5.50. The monoisotopic (exact) mass is 306 g/mol. The van der Waals surface area contributed by atoms with Crippen LogP contribution in [0.2, 0.25) is 5.02 Å². The minimum atomic E-state index is -1.02. The summed E-state index contributed by atoms with van der Waals surface area (Å²) in [6, 6.07) is 7.59. The zero-order valence-electron chi connectivity index (χ0n) is 12.2. The van der Waals surface area contributed by atoms with Crippen molar-refractivity contribution in [2.24, 2.45) is 5.92 Å². The van der Waals surface area contributed by atoms with Crippen LogP contribution in [0, 0.1) is 17.2 Å². The minimum absolute atomic E-state index is 0.404. The van der Waals surface area contributed by atoms with Gasteiger partial charge >= 0.3 is 5.97 Å². The van der Waals surface area contributed by atoms with Crippen molar-refractivity contribution >= 4 is 29.3 Å². The molecule has 5 heteroatoms. The lowest BCUT2D eigenvalue weighted by molar-refractivity contribution is -0.131. The van der Waals surface area contributed by atoms with Crippen LogP contribution in [-0.4, -0.2) is 24.2 Å². The van der Waals surface area contributed by atoms with E-state index >= 15 is 0 Å². The van der Waals surface area contributed by atoms with E-state index in [0.717, 1.165) is 18.3 Å². The molecule has 0 heterocycles. The Morgan fingerprint density at radius 1 is 1.52 bits per heavy atom. The second kappa shape index (κ2) is 8.33. The first-order valence-electron chi connectivity index (χ1n) is 6.77. The number of rotatable bonds is 7. The lowest BCUT2D eigenvalue weighted by Crippen LogP contribution is -2.29. The topological polar surface area (TPSA) is 64.3 Å². The Labute approximate surface area is 130 Å². The maximum Gasteiger partial charge on any atom is 0.328 e. The third-order valence-corrected chi connectivity index (χ3v) is 3.17. The number of hydrogen-bond acceptors (Lipinski definition) is 3. The van der Waals surface area contributed by atoms with Crippen molar-refractivity contribution < 1.29 is 9.90 Å². The molecule has 4 nitrogen and oxygen atoms in total. The largest absolute Gasteiger partial charge is 0.478 e. The van der Waals surface area contributed by atoms with E-state index < -0.39 is 5.97 Å². The number of carbonyl (C=O) groups is 1. The summed E-state index contributed by atoms with van der Waals surface area (Å²) in [5.41, 5.74) is 1.52. The highest BCUT2D eigenvalue weighted by atomic mass is 35.5. The number of halogens is 1. The molecule has 0 radical (unpaired) electrons. The molecule has 1 rings (SSSR count). The van der Waals surface area contributed by atoms with Crippen molar-refractivity contribution in [3.63, 3.8) is 0 Å². The molecule has 0 aliphatic carbocycles. The van der Waals surface area contributed by atoms with E-state index in [1.165, 1.54) is 6.08 Å². The van der Waals surface area contributed by atoms with Crippen molar-refractivity contribution in [1.29, 1.82) is 5.26 Å². The number of nitriles is 1. The maximum atomic E-state index is 10.7. The number of carboxylic acid groups (broad SMARTS) is 1. The van der Waals surface area contributed by atoms with Crippen LogP contribution >= 0.6 is 11.6 Å². The predicted molar refractivity (Wildman–Crippen MR) is 85.4 cm³/mol. The standard InChI is InChI=1S/C16H19ClN2O2/c1-12(2)11-19(10-4-9-18)15-6-3-5-14(17)13(15)7-8-16(20)21/h3,5-8,12H,4,10-11H2,1-2H3,(H,20,21). The highest BCUT2D eigenvalue weighted by molar-refractivity contribution is 6.32. The molecule has 0 unspecified atom stereocenters. The average molecular weight is 307 g/mol. The third kappa shape index (κ3) is 5.49. The summed E-state index contributed by atoms with van der Waals surface area (Å²) in [6.07, 6.45) is 2.98. The molecular weight excluding hydrogens is 288 g/mol. The van der Waals surface area contributed by atoms with Gasteiger partial charge in [-0.1, -0.05) is 31.5 Å². The van der Waals surface area contributed by atoms with Crippen LogP contribution in [0.5, 0.6) is 0 Å². The minimum Gasteiger partial charge on any atom is -0.478 e. The van der Waals surface area contributed by atoms with Gasteiger partial charge in [-0.15, -0.1) is 0 Å². The molecular formula is C16H19ClN2O2. The van der Waals surface area contributed by atoms with Crippen LogP contribution < -0.4 is 4.90 Å². The highest BCUT2D eigenvalue weighted by Gasteiger charge is 2.13. The zero-order valence-corrected chi connectivity index (χ0v) is 13.0. The number of nitrogens with zero attached hydrogens (tertiary/aromatic N) is 2. The molecule has 1 N–H and O–H groups in total. The van der Waals surface area contributed by atoms with E-state index in [4.69, 9.17) is 22.0 Å². The predicted octanol–water partition coefficient (Wildman–Crippen LogP) is 3.81. The summed E-state index contributed by atoms with van der Waals surface area (Å²) in [4.78, 5) is 12.8. The smallest absolute Gasteiger partial charge is 0.328 e. The molecule has 0 aliphatic rings. The Morgan fingerprint density at radius 2 is 2.24 bits per heavy atom. The van der Waals surface area contributed by atoms with Gasteiger partial charge in [-0.25, -0.2) is 4.79 Å². The molecule has 112 valence electrons. The summed E-state index contributed by atoms with van der Waals surface area (Å²) < 4.78 is 0. The molecule has 0 aromatic heterocycles. The number of carboxylic acids is 1. The van der Waals surface area contributed by atoms with Crippen LogP contribution in [0.1, 0.15) is 25.8 Å². The quantitative estimate of drug-likeness (QED) is 0.778. The van der Waals surface area contributed by atoms with Crippen molar-refractivity contribution in [1.82, 2.24) is 0 Å². The fourth-order valence-electron chi connectivity index (χ4n) is 2.06. The molecule has 0 saturated heterocycles. The maximum absolute atomic E-state index is 10.7. The zero-order chi connectivity index (χ0) is 15.8. The van der Waals surface area contributed by atoms with Crippen molar-refractivity contribution in [2.75, 3.05) is 18.0 Å². The van der Waals surface area contributed by atoms with Gasteiger partial charge in [0.05, 0.1) is 12.5 Å². The molecule has 0 aliphatic heterocycles. The Kier molecular flexibility index (Phi) is 6.77. The van der Waals surface area contributed by atoms with Gasteiger partial charge in [-0.3, -0.25) is 0 Å². The normalized spacial score (nSPS) is 10.8. The Balaban J connectivity index is 3.20. The fraction of sp³-hybridized carbons (Fsp3) is 0.375. The van der Waals surface area contributed by atoms with E-state index in [2.05, 4.69) is 24.8 Å². The Morgan fingerprint density at radius 3 is 2.81 bits per heavy atom. The average Bonchev–Trinajstić information content (AvgIpc) is 2.41. The molecule has 0 atom stereocenters. The van der Waals surface area contributed by atoms with Gasteiger partial charge < -0.3 is 10.0 Å². The molecule has 0 fully saturated rings. The third-order valence-electron chi connectivity index (χ3n) is 2.84. The first-order valence-corrected chi connectivity index (χ1v) is 7.15. The van der Waals surface area contributed by atoms with Gasteiger partial charge in [-0.05, 0) is 24.1 Å². The van der Waals surface area contributed by atoms with Gasteiger partial charge in [-0.2, -0.15) is 5.26 Å². The number of hydrogen-bond donors (Lipinski definition) is 1. The molecule has 1 aromatic carbocycles. The lowest BCUT2D eigenvalue weighted by Gasteiger charge is -2.27. The summed E-state index contributed by atoms with van der Waals surface area (Å²) in [5, 5.41) is 18.1. The van der Waals surface area contributed by atoms with Crippen LogP contribution in [0.25, 0.3) is 6.08 Å². The number of aliphatic carboxylic acids is 1. The second-order valence-electron chi connectivity index (χ2n) is 5.09. The van der Waals surface area contributed by atoms with Crippen molar-refractivity contribution in [3.05, 3.63) is 34.9 Å². The number of benzene rings is 1. The molecule has 0 saturated carbocycles. The summed E-state index contributed by atoms with van der Waals surface area (Å²) in [7, 11) is 0. The molecule has 0 bridgehead atoms. The van der Waals surface area contributed by atoms with Crippen LogP contribution in [0.3, 0.4) is 0 Å². The van der Waals surface area contributed by atoms with Gasteiger partial charge in [0.2, 0.25) is 0 Å². The van der Waals surface area contributed by atoms with E-state index in [9.17, 15) is 4.79 Å².